The van der Waals surface area contributed by atoms with E-state index in [0.717, 1.165) is 4.31 Å². The van der Waals surface area contributed by atoms with Gasteiger partial charge in [0.1, 0.15) is 18.0 Å². The Morgan fingerprint density at radius 2 is 1.74 bits per heavy atom. The molecule has 0 atom stereocenters. The highest BCUT2D eigenvalue weighted by Gasteiger charge is 2.32. The first-order valence-corrected chi connectivity index (χ1v) is 11.5. The monoisotopic (exact) mass is 508 g/mol. The van der Waals surface area contributed by atoms with E-state index in [0.29, 0.717) is 17.2 Å². The van der Waals surface area contributed by atoms with Crippen LogP contribution in [0.5, 0.6) is 11.5 Å². The topological polar surface area (TPSA) is 151 Å². The number of hydrogen-bond acceptors (Lipinski definition) is 7. The molecule has 0 aliphatic rings. The number of amides is 1. The zero-order valence-corrected chi connectivity index (χ0v) is 19.9. The van der Waals surface area contributed by atoms with Crippen molar-refractivity contribution in [3.05, 3.63) is 74.0 Å². The van der Waals surface area contributed by atoms with E-state index in [-0.39, 0.29) is 16.4 Å². The number of hydrogen-bond donors (Lipinski definition) is 3. The van der Waals surface area contributed by atoms with Crippen LogP contribution < -0.4 is 30.3 Å². The molecule has 1 heterocycles. The molecule has 0 saturated heterocycles. The van der Waals surface area contributed by atoms with Gasteiger partial charge < -0.3 is 19.8 Å². The van der Waals surface area contributed by atoms with Gasteiger partial charge in [0, 0.05) is 11.4 Å². The normalized spacial score (nSPS) is 11.1. The fraction of sp³-hybridized carbons (Fsp3) is 0.190. The molecule has 180 valence electrons. The fourth-order valence-electron chi connectivity index (χ4n) is 3.15. The van der Waals surface area contributed by atoms with E-state index in [1.54, 1.807) is 6.07 Å². The molecule has 0 fully saturated rings. The van der Waals surface area contributed by atoms with Crippen LogP contribution in [0, 0.1) is 6.92 Å². The van der Waals surface area contributed by atoms with Crippen LogP contribution in [0.3, 0.4) is 0 Å². The second-order valence-corrected chi connectivity index (χ2v) is 9.18. The Kier molecular flexibility index (Phi) is 7.32. The molecule has 0 bridgehead atoms. The molecule has 0 saturated carbocycles. The maximum absolute atomic E-state index is 13.5. The molecule has 1 aromatic heterocycles. The quantitative estimate of drug-likeness (QED) is 0.420. The molecule has 0 unspecified atom stereocenters. The summed E-state index contributed by atoms with van der Waals surface area (Å²) in [7, 11) is -1.70. The van der Waals surface area contributed by atoms with Crippen LogP contribution >= 0.6 is 11.6 Å². The number of methoxy groups -OCH3 is 2. The van der Waals surface area contributed by atoms with E-state index >= 15 is 0 Å². The van der Waals surface area contributed by atoms with Crippen LogP contribution in [0.1, 0.15) is 5.69 Å². The molecule has 34 heavy (non-hydrogen) atoms. The first-order chi connectivity index (χ1) is 16.1. The van der Waals surface area contributed by atoms with Crippen LogP contribution in [-0.2, 0) is 14.8 Å². The highest BCUT2D eigenvalue weighted by Crippen LogP contribution is 2.28. The average molecular weight is 509 g/mol. The number of nitrogens with zero attached hydrogens (tertiary/aromatic N) is 1. The minimum atomic E-state index is -4.59. The van der Waals surface area contributed by atoms with E-state index in [2.05, 4.69) is 10.3 Å². The van der Waals surface area contributed by atoms with Gasteiger partial charge in [-0.25, -0.2) is 13.2 Å². The molecule has 0 aliphatic heterocycles. The molecule has 3 N–H and O–H groups in total. The number of aryl methyl sites for hydroxylation is 1. The number of benzene rings is 2. The minimum absolute atomic E-state index is 0.0914. The van der Waals surface area contributed by atoms with Crippen molar-refractivity contribution in [2.75, 3.05) is 30.4 Å². The van der Waals surface area contributed by atoms with Crippen molar-refractivity contribution in [2.45, 2.75) is 11.8 Å². The van der Waals surface area contributed by atoms with Gasteiger partial charge in [0.05, 0.1) is 24.9 Å². The molecular weight excluding hydrogens is 488 g/mol. The molecule has 3 aromatic rings. The number of anilines is 2. The van der Waals surface area contributed by atoms with E-state index in [1.807, 2.05) is 4.98 Å². The van der Waals surface area contributed by atoms with Gasteiger partial charge in [0.15, 0.2) is 4.90 Å². The molecule has 2 aromatic carbocycles. The van der Waals surface area contributed by atoms with Crippen LogP contribution in [0.25, 0.3) is 0 Å². The number of sulfonamides is 1. The average Bonchev–Trinajstić information content (AvgIpc) is 2.76. The van der Waals surface area contributed by atoms with Crippen LogP contribution in [0.2, 0.25) is 5.02 Å². The van der Waals surface area contributed by atoms with Crippen molar-refractivity contribution < 1.29 is 22.7 Å². The Morgan fingerprint density at radius 1 is 1.06 bits per heavy atom. The number of rotatable bonds is 8. The van der Waals surface area contributed by atoms with Crippen molar-refractivity contribution >= 4 is 38.9 Å². The summed E-state index contributed by atoms with van der Waals surface area (Å²) in [6, 6.07) is 10.4. The lowest BCUT2D eigenvalue weighted by Crippen LogP contribution is -2.42. The van der Waals surface area contributed by atoms with Gasteiger partial charge in [-0.3, -0.25) is 18.9 Å². The zero-order valence-electron chi connectivity index (χ0n) is 18.3. The number of aromatic nitrogens is 2. The van der Waals surface area contributed by atoms with E-state index < -0.39 is 38.6 Å². The summed E-state index contributed by atoms with van der Waals surface area (Å²) < 4.78 is 37.9. The molecule has 13 heteroatoms. The molecule has 0 radical (unpaired) electrons. The van der Waals surface area contributed by atoms with Gasteiger partial charge in [-0.2, -0.15) is 0 Å². The van der Waals surface area contributed by atoms with Crippen molar-refractivity contribution in [3.63, 3.8) is 0 Å². The number of carbonyl (C=O) groups excluding carboxylic acids is 1. The molecule has 1 amide bonds. The van der Waals surface area contributed by atoms with Crippen molar-refractivity contribution in [1.82, 2.24) is 9.97 Å². The third-order valence-corrected chi connectivity index (χ3v) is 6.93. The van der Waals surface area contributed by atoms with E-state index in [4.69, 9.17) is 21.1 Å². The highest BCUT2D eigenvalue weighted by atomic mass is 35.5. The van der Waals surface area contributed by atoms with Gasteiger partial charge in [-0.15, -0.1) is 0 Å². The Hall–Kier alpha value is -3.77. The maximum Gasteiger partial charge on any atom is 0.325 e. The van der Waals surface area contributed by atoms with Crippen molar-refractivity contribution in [2.24, 2.45) is 0 Å². The van der Waals surface area contributed by atoms with Crippen LogP contribution in [0.15, 0.2) is 56.9 Å². The van der Waals surface area contributed by atoms with Gasteiger partial charge >= 0.3 is 5.69 Å². The standard InChI is InChI=1S/C21H21ClN4O7S/c1-12-19(20(28)25-21(29)23-12)34(30,31)26(14-5-7-15(32-2)8-6-14)11-18(27)24-13-4-9-17(33-3)16(22)10-13/h4-10H,11H2,1-3H3,(H,24,27)(H2,23,25,28,29). The molecule has 0 spiro atoms. The molecule has 0 aliphatic carbocycles. The largest absolute Gasteiger partial charge is 0.497 e. The fourth-order valence-corrected chi connectivity index (χ4v) is 5.04. The summed E-state index contributed by atoms with van der Waals surface area (Å²) in [5.41, 5.74) is -1.74. The number of halogens is 1. The second kappa shape index (κ2) is 10.0. The molecular formula is C21H21ClN4O7S. The van der Waals surface area contributed by atoms with Gasteiger partial charge in [-0.05, 0) is 49.4 Å². The Balaban J connectivity index is 2.02. The molecule has 3 rings (SSSR count). The van der Waals surface area contributed by atoms with Crippen molar-refractivity contribution in [3.8, 4) is 11.5 Å². The van der Waals surface area contributed by atoms with Crippen molar-refractivity contribution in [1.29, 1.82) is 0 Å². The Labute approximate surface area is 199 Å². The number of aromatic amines is 2. The summed E-state index contributed by atoms with van der Waals surface area (Å²) in [6.07, 6.45) is 0. The van der Waals surface area contributed by atoms with E-state index in [1.165, 1.54) is 57.5 Å². The lowest BCUT2D eigenvalue weighted by molar-refractivity contribution is -0.114. The summed E-state index contributed by atoms with van der Waals surface area (Å²) >= 11 is 6.08. The number of nitrogens with one attached hydrogen (secondary N) is 3. The summed E-state index contributed by atoms with van der Waals surface area (Å²) in [6.45, 7) is 0.589. The zero-order chi connectivity index (χ0) is 25.0. The van der Waals surface area contributed by atoms with Crippen LogP contribution in [0.4, 0.5) is 11.4 Å². The Morgan fingerprint density at radius 3 is 2.29 bits per heavy atom. The van der Waals surface area contributed by atoms with Gasteiger partial charge in [0.25, 0.3) is 15.6 Å². The number of ether oxygens (including phenoxy) is 2. The number of carbonyl (C=O) groups is 1. The SMILES string of the molecule is COc1ccc(N(CC(=O)Nc2ccc(OC)c(Cl)c2)S(=O)(=O)c2c(C)[nH]c(=O)[nH]c2=O)cc1. The molecule has 11 nitrogen and oxygen atoms in total. The lowest BCUT2D eigenvalue weighted by Gasteiger charge is -2.24. The third-order valence-electron chi connectivity index (χ3n) is 4.71. The van der Waals surface area contributed by atoms with E-state index in [9.17, 15) is 22.8 Å². The van der Waals surface area contributed by atoms with Gasteiger partial charge in [-0.1, -0.05) is 11.6 Å². The summed E-state index contributed by atoms with van der Waals surface area (Å²) in [5.74, 6) is 0.144. The third kappa shape index (κ3) is 5.24. The Bertz CT molecular complexity index is 1430. The summed E-state index contributed by atoms with van der Waals surface area (Å²) in [4.78, 5) is 40.2. The first kappa shape index (κ1) is 24.9. The second-order valence-electron chi connectivity index (χ2n) is 6.97. The predicted molar refractivity (Wildman–Crippen MR) is 127 cm³/mol. The summed E-state index contributed by atoms with van der Waals surface area (Å²) in [5, 5.41) is 2.81. The minimum Gasteiger partial charge on any atom is -0.497 e. The van der Waals surface area contributed by atoms with Crippen LogP contribution in [-0.4, -0.2) is 45.1 Å². The van der Waals surface area contributed by atoms with Gasteiger partial charge in [0.2, 0.25) is 5.91 Å². The number of H-pyrrole nitrogens is 2. The smallest absolute Gasteiger partial charge is 0.325 e. The highest BCUT2D eigenvalue weighted by molar-refractivity contribution is 7.92. The maximum atomic E-state index is 13.5. The predicted octanol–water partition coefficient (Wildman–Crippen LogP) is 1.88. The first-order valence-electron chi connectivity index (χ1n) is 9.70. The lowest BCUT2D eigenvalue weighted by atomic mass is 10.3.